The number of carbonyl (C=O) groups is 2. The Labute approximate surface area is 191 Å². The average Bonchev–Trinajstić information content (AvgIpc) is 3.35. The lowest BCUT2D eigenvalue weighted by Gasteiger charge is -2.31. The molecule has 166 valence electrons. The fourth-order valence-corrected chi connectivity index (χ4v) is 5.80. The molecule has 1 unspecified atom stereocenters. The molecule has 0 radical (unpaired) electrons. The molecule has 7 nitrogen and oxygen atoms in total. The predicted molar refractivity (Wildman–Crippen MR) is 125 cm³/mol. The number of rotatable bonds is 6. The van der Waals surface area contributed by atoms with Crippen LogP contribution in [0, 0.1) is 5.92 Å². The molecule has 4 rings (SSSR count). The summed E-state index contributed by atoms with van der Waals surface area (Å²) < 4.78 is 27.2. The Kier molecular flexibility index (Phi) is 6.69. The van der Waals surface area contributed by atoms with Crippen molar-refractivity contribution in [1.29, 1.82) is 0 Å². The van der Waals surface area contributed by atoms with Gasteiger partial charge in [0.25, 0.3) is 5.91 Å². The van der Waals surface area contributed by atoms with E-state index in [1.807, 2.05) is 11.4 Å². The van der Waals surface area contributed by atoms with Gasteiger partial charge in [-0.05, 0) is 54.6 Å². The fraction of sp³-hybridized carbons (Fsp3) is 0.217. The fourth-order valence-electron chi connectivity index (χ4n) is 3.64. The van der Waals surface area contributed by atoms with Gasteiger partial charge in [-0.25, -0.2) is 8.42 Å². The monoisotopic (exact) mass is 469 g/mol. The van der Waals surface area contributed by atoms with Gasteiger partial charge in [-0.3, -0.25) is 9.59 Å². The molecule has 1 fully saturated rings. The van der Waals surface area contributed by atoms with E-state index in [4.69, 9.17) is 0 Å². The van der Waals surface area contributed by atoms with Crippen LogP contribution in [0.4, 0.5) is 11.4 Å². The van der Waals surface area contributed by atoms with Crippen molar-refractivity contribution in [3.05, 3.63) is 77.0 Å². The third kappa shape index (κ3) is 5.07. The number of nitrogens with zero attached hydrogens (tertiary/aromatic N) is 1. The van der Waals surface area contributed by atoms with Crippen LogP contribution >= 0.6 is 11.3 Å². The van der Waals surface area contributed by atoms with E-state index >= 15 is 0 Å². The summed E-state index contributed by atoms with van der Waals surface area (Å²) in [5.41, 5.74) is 1.11. The van der Waals surface area contributed by atoms with E-state index < -0.39 is 15.9 Å². The molecule has 1 aromatic heterocycles. The Morgan fingerprint density at radius 1 is 0.938 bits per heavy atom. The number of hydrogen-bond donors (Lipinski definition) is 2. The second-order valence-corrected chi connectivity index (χ2v) is 10.4. The molecule has 1 saturated heterocycles. The van der Waals surface area contributed by atoms with Gasteiger partial charge >= 0.3 is 0 Å². The van der Waals surface area contributed by atoms with Gasteiger partial charge in [-0.1, -0.05) is 30.3 Å². The van der Waals surface area contributed by atoms with Crippen LogP contribution in [0.2, 0.25) is 0 Å². The zero-order valence-electron chi connectivity index (χ0n) is 17.2. The summed E-state index contributed by atoms with van der Waals surface area (Å²) in [4.78, 5) is 26.0. The number of thiophene rings is 1. The summed E-state index contributed by atoms with van der Waals surface area (Å²) in [6, 6.07) is 18.7. The molecule has 9 heteroatoms. The second kappa shape index (κ2) is 9.64. The number of benzene rings is 2. The molecule has 1 aliphatic heterocycles. The molecule has 1 aliphatic rings. The lowest BCUT2D eigenvalue weighted by Crippen LogP contribution is -2.43. The first-order valence-electron chi connectivity index (χ1n) is 10.2. The Hall–Kier alpha value is -3.01. The van der Waals surface area contributed by atoms with E-state index in [9.17, 15) is 18.0 Å². The van der Waals surface area contributed by atoms with Crippen molar-refractivity contribution in [2.75, 3.05) is 23.7 Å². The standard InChI is InChI=1S/C23H23N3O4S2/c27-22(17-7-5-13-26(16-17)32(29,30)20-10-2-1-3-11-20)24-18-8-4-9-19(15-18)25-23(28)21-12-6-14-31-21/h1-4,6,8-12,14-15,17H,5,7,13,16H2,(H,24,27)(H,25,28). The SMILES string of the molecule is O=C(Nc1cccc(NC(=O)C2CCCN(S(=O)(=O)c3ccccc3)C2)c1)c1cccs1. The molecule has 2 aromatic carbocycles. The molecule has 0 aliphatic carbocycles. The quantitative estimate of drug-likeness (QED) is 0.570. The third-order valence-corrected chi connectivity index (χ3v) is 8.02. The molecule has 2 N–H and O–H groups in total. The van der Waals surface area contributed by atoms with E-state index in [1.54, 1.807) is 60.7 Å². The van der Waals surface area contributed by atoms with Crippen molar-refractivity contribution in [3.8, 4) is 0 Å². The van der Waals surface area contributed by atoms with Crippen LogP contribution in [-0.2, 0) is 14.8 Å². The highest BCUT2D eigenvalue weighted by Gasteiger charge is 2.33. The average molecular weight is 470 g/mol. The number of piperidine rings is 1. The van der Waals surface area contributed by atoms with Gasteiger partial charge in [0.05, 0.1) is 15.7 Å². The minimum atomic E-state index is -3.64. The first-order valence-corrected chi connectivity index (χ1v) is 12.6. The first-order chi connectivity index (χ1) is 15.4. The van der Waals surface area contributed by atoms with Gasteiger partial charge in [-0.2, -0.15) is 4.31 Å². The minimum absolute atomic E-state index is 0.137. The molecule has 0 bridgehead atoms. The Morgan fingerprint density at radius 2 is 1.69 bits per heavy atom. The van der Waals surface area contributed by atoms with Crippen molar-refractivity contribution in [2.24, 2.45) is 5.92 Å². The van der Waals surface area contributed by atoms with Gasteiger partial charge in [0, 0.05) is 24.5 Å². The van der Waals surface area contributed by atoms with Gasteiger partial charge in [0.2, 0.25) is 15.9 Å². The predicted octanol–water partition coefficient (Wildman–Crippen LogP) is 4.04. The van der Waals surface area contributed by atoms with Crippen LogP contribution < -0.4 is 10.6 Å². The van der Waals surface area contributed by atoms with E-state index in [-0.39, 0.29) is 23.3 Å². The van der Waals surface area contributed by atoms with E-state index in [0.717, 1.165) is 0 Å². The molecule has 2 amide bonds. The van der Waals surface area contributed by atoms with Crippen LogP contribution in [0.15, 0.2) is 77.0 Å². The summed E-state index contributed by atoms with van der Waals surface area (Å²) >= 11 is 1.35. The molecule has 0 spiro atoms. The maximum atomic E-state index is 12.9. The zero-order valence-corrected chi connectivity index (χ0v) is 18.9. The van der Waals surface area contributed by atoms with Crippen LogP contribution in [0.1, 0.15) is 22.5 Å². The third-order valence-electron chi connectivity index (χ3n) is 5.27. The van der Waals surface area contributed by atoms with Crippen LogP contribution in [0.5, 0.6) is 0 Å². The minimum Gasteiger partial charge on any atom is -0.326 e. The highest BCUT2D eigenvalue weighted by molar-refractivity contribution is 7.89. The van der Waals surface area contributed by atoms with Crippen LogP contribution in [0.25, 0.3) is 0 Å². The molecular formula is C23H23N3O4S2. The van der Waals surface area contributed by atoms with Crippen molar-refractivity contribution >= 4 is 44.5 Å². The van der Waals surface area contributed by atoms with Crippen molar-refractivity contribution in [1.82, 2.24) is 4.31 Å². The Bertz CT molecular complexity index is 1190. The zero-order chi connectivity index (χ0) is 22.6. The van der Waals surface area contributed by atoms with Gasteiger partial charge in [-0.15, -0.1) is 11.3 Å². The Morgan fingerprint density at radius 3 is 2.41 bits per heavy atom. The first kappa shape index (κ1) is 22.2. The lowest BCUT2D eigenvalue weighted by atomic mass is 9.98. The van der Waals surface area contributed by atoms with E-state index in [2.05, 4.69) is 10.6 Å². The summed E-state index contributed by atoms with van der Waals surface area (Å²) in [6.07, 6.45) is 1.22. The molecule has 1 atom stereocenters. The van der Waals surface area contributed by atoms with Crippen LogP contribution in [-0.4, -0.2) is 37.6 Å². The number of sulfonamides is 1. The number of carbonyl (C=O) groups excluding carboxylic acids is 2. The molecule has 0 saturated carbocycles. The van der Waals surface area contributed by atoms with Gasteiger partial charge in [0.15, 0.2) is 0 Å². The maximum absolute atomic E-state index is 12.9. The lowest BCUT2D eigenvalue weighted by molar-refractivity contribution is -0.120. The highest BCUT2D eigenvalue weighted by Crippen LogP contribution is 2.25. The van der Waals surface area contributed by atoms with Gasteiger partial charge < -0.3 is 10.6 Å². The van der Waals surface area contributed by atoms with Crippen molar-refractivity contribution in [3.63, 3.8) is 0 Å². The van der Waals surface area contributed by atoms with E-state index in [1.165, 1.54) is 15.6 Å². The van der Waals surface area contributed by atoms with E-state index in [0.29, 0.717) is 35.6 Å². The molecular weight excluding hydrogens is 446 g/mol. The number of nitrogens with one attached hydrogen (secondary N) is 2. The summed E-state index contributed by atoms with van der Waals surface area (Å²) in [5, 5.41) is 7.51. The van der Waals surface area contributed by atoms with Gasteiger partial charge in [0.1, 0.15) is 0 Å². The largest absolute Gasteiger partial charge is 0.326 e. The number of anilines is 2. The summed E-state index contributed by atoms with van der Waals surface area (Å²) in [6.45, 7) is 0.531. The summed E-state index contributed by atoms with van der Waals surface area (Å²) in [5.74, 6) is -0.899. The normalized spacial score (nSPS) is 16.9. The van der Waals surface area contributed by atoms with Crippen molar-refractivity contribution < 1.29 is 18.0 Å². The highest BCUT2D eigenvalue weighted by atomic mass is 32.2. The molecule has 3 aromatic rings. The van der Waals surface area contributed by atoms with Crippen LogP contribution in [0.3, 0.4) is 0 Å². The number of amides is 2. The van der Waals surface area contributed by atoms with Crippen molar-refractivity contribution in [2.45, 2.75) is 17.7 Å². The molecule has 2 heterocycles. The molecule has 32 heavy (non-hydrogen) atoms. The smallest absolute Gasteiger partial charge is 0.265 e. The Balaban J connectivity index is 1.41. The number of hydrogen-bond acceptors (Lipinski definition) is 5. The maximum Gasteiger partial charge on any atom is 0.265 e. The topological polar surface area (TPSA) is 95.6 Å². The second-order valence-electron chi connectivity index (χ2n) is 7.52. The summed E-state index contributed by atoms with van der Waals surface area (Å²) in [7, 11) is -3.64.